The normalized spacial score (nSPS) is 17.9. The van der Waals surface area contributed by atoms with Gasteiger partial charge < -0.3 is 23.7 Å². The minimum Gasteiger partial charge on any atom is -0.508 e. The first-order valence-corrected chi connectivity index (χ1v) is 18.6. The Morgan fingerprint density at radius 3 is 2.39 bits per heavy atom. The van der Waals surface area contributed by atoms with E-state index in [2.05, 4.69) is 40.8 Å². The van der Waals surface area contributed by atoms with E-state index < -0.39 is 26.5 Å². The molecule has 2 atom stereocenters. The van der Waals surface area contributed by atoms with Crippen LogP contribution in [0.25, 0.3) is 6.08 Å². The smallest absolute Gasteiger partial charge is 0.342 e. The van der Waals surface area contributed by atoms with Crippen LogP contribution in [0.4, 0.5) is 0 Å². The second-order valence-corrected chi connectivity index (χ2v) is 17.9. The van der Waals surface area contributed by atoms with E-state index >= 15 is 0 Å². The highest BCUT2D eigenvalue weighted by Gasteiger charge is 2.37. The van der Waals surface area contributed by atoms with Gasteiger partial charge >= 0.3 is 5.97 Å². The number of ether oxygens (including phenoxy) is 3. The molecule has 1 N–H and O–H groups in total. The second kappa shape index (κ2) is 14.6. The summed E-state index contributed by atoms with van der Waals surface area (Å²) in [6.07, 6.45) is 6.43. The van der Waals surface area contributed by atoms with Gasteiger partial charge in [-0.25, -0.2) is 4.79 Å². The number of cyclic esters (lactones) is 1. The molecule has 0 aliphatic carbocycles. The van der Waals surface area contributed by atoms with Crippen molar-refractivity contribution in [2.45, 2.75) is 104 Å². The third-order valence-corrected chi connectivity index (χ3v) is 13.3. The fourth-order valence-corrected chi connectivity index (χ4v) is 5.90. The number of carbonyl (C=O) groups excluding carboxylic acids is 1. The molecule has 1 aliphatic heterocycles. The maximum atomic E-state index is 13.8. The van der Waals surface area contributed by atoms with Crippen molar-refractivity contribution in [1.29, 1.82) is 0 Å². The average molecular weight is 617 g/mol. The van der Waals surface area contributed by atoms with E-state index in [0.29, 0.717) is 41.2 Å². The zero-order valence-electron chi connectivity index (χ0n) is 27.3. The number of hydrogen-bond donors (Lipinski definition) is 1. The number of benzene rings is 3. The molecular formula is C37H48O6Si. The predicted octanol–water partition coefficient (Wildman–Crippen LogP) is 9.73. The number of unbranched alkanes of at least 4 members (excludes halogenated alkanes) is 2. The first-order chi connectivity index (χ1) is 20.9. The van der Waals surface area contributed by atoms with Crippen LogP contribution in [-0.2, 0) is 27.1 Å². The van der Waals surface area contributed by atoms with E-state index in [9.17, 15) is 9.90 Å². The molecule has 0 saturated carbocycles. The number of carbonyl (C=O) groups is 1. The SMILES string of the molecule is CCCCC[C@@H]1OC(=O)c2c(C)cccc2Oc2ccc(O)c(CO[Si](C)(C)C(C)(C)C)c2/C=C/[C@H]1OCc1ccccc1. The molecule has 1 aliphatic rings. The number of aromatic hydroxyl groups is 1. The highest BCUT2D eigenvalue weighted by Crippen LogP contribution is 2.41. The summed E-state index contributed by atoms with van der Waals surface area (Å²) >= 11 is 0. The third-order valence-electron chi connectivity index (χ3n) is 8.79. The number of phenols is 1. The molecule has 0 aromatic heterocycles. The average Bonchev–Trinajstić information content (AvgIpc) is 2.99. The van der Waals surface area contributed by atoms with Gasteiger partial charge in [-0.2, -0.15) is 0 Å². The number of rotatable bonds is 10. The van der Waals surface area contributed by atoms with Gasteiger partial charge in [0.1, 0.15) is 35.0 Å². The predicted molar refractivity (Wildman–Crippen MR) is 179 cm³/mol. The third kappa shape index (κ3) is 8.20. The highest BCUT2D eigenvalue weighted by atomic mass is 28.4. The summed E-state index contributed by atoms with van der Waals surface area (Å²) in [4.78, 5) is 13.8. The summed E-state index contributed by atoms with van der Waals surface area (Å²) in [5, 5.41) is 11.1. The van der Waals surface area contributed by atoms with Crippen molar-refractivity contribution in [2.24, 2.45) is 0 Å². The van der Waals surface area contributed by atoms with Crippen LogP contribution in [0.5, 0.6) is 17.2 Å². The largest absolute Gasteiger partial charge is 0.508 e. The van der Waals surface area contributed by atoms with E-state index in [1.54, 1.807) is 18.2 Å². The van der Waals surface area contributed by atoms with Crippen LogP contribution in [0, 0.1) is 6.92 Å². The van der Waals surface area contributed by atoms with Crippen LogP contribution in [-0.4, -0.2) is 31.6 Å². The van der Waals surface area contributed by atoms with E-state index in [4.69, 9.17) is 18.6 Å². The lowest BCUT2D eigenvalue weighted by Gasteiger charge is -2.36. The molecule has 0 unspecified atom stereocenters. The molecule has 7 heteroatoms. The molecular weight excluding hydrogens is 568 g/mol. The van der Waals surface area contributed by atoms with Crippen LogP contribution in [0.2, 0.25) is 18.1 Å². The van der Waals surface area contributed by atoms with Crippen molar-refractivity contribution in [1.82, 2.24) is 0 Å². The lowest BCUT2D eigenvalue weighted by atomic mass is 10.0. The van der Waals surface area contributed by atoms with Crippen LogP contribution in [0.15, 0.2) is 66.7 Å². The monoisotopic (exact) mass is 616 g/mol. The maximum absolute atomic E-state index is 13.8. The molecule has 0 amide bonds. The van der Waals surface area contributed by atoms with E-state index in [-0.39, 0.29) is 17.4 Å². The van der Waals surface area contributed by atoms with Gasteiger partial charge in [-0.15, -0.1) is 0 Å². The molecule has 3 aromatic rings. The minimum atomic E-state index is -2.14. The summed E-state index contributed by atoms with van der Waals surface area (Å²) < 4.78 is 25.8. The number of fused-ring (bicyclic) bond motifs is 2. The molecule has 3 aromatic carbocycles. The summed E-state index contributed by atoms with van der Waals surface area (Å²) in [5.41, 5.74) is 3.49. The Morgan fingerprint density at radius 1 is 0.932 bits per heavy atom. The Kier molecular flexibility index (Phi) is 11.1. The molecule has 1 heterocycles. The highest BCUT2D eigenvalue weighted by molar-refractivity contribution is 6.74. The van der Waals surface area contributed by atoms with Crippen LogP contribution >= 0.6 is 0 Å². The molecule has 4 rings (SSSR count). The van der Waals surface area contributed by atoms with Gasteiger partial charge in [-0.3, -0.25) is 0 Å². The van der Waals surface area contributed by atoms with Crippen molar-refractivity contribution in [3.8, 4) is 17.2 Å². The second-order valence-electron chi connectivity index (χ2n) is 13.1. The molecule has 0 bridgehead atoms. The number of aryl methyl sites for hydroxylation is 1. The zero-order valence-corrected chi connectivity index (χ0v) is 28.3. The fourth-order valence-electron chi connectivity index (χ4n) is 4.96. The Morgan fingerprint density at radius 2 is 1.68 bits per heavy atom. The summed E-state index contributed by atoms with van der Waals surface area (Å²) in [7, 11) is -2.14. The van der Waals surface area contributed by atoms with Crippen molar-refractivity contribution in [3.63, 3.8) is 0 Å². The number of esters is 1. The topological polar surface area (TPSA) is 74.2 Å². The van der Waals surface area contributed by atoms with Crippen LogP contribution in [0.1, 0.15) is 86.0 Å². The van der Waals surface area contributed by atoms with Gasteiger partial charge in [0.05, 0.1) is 13.2 Å². The molecule has 0 radical (unpaired) electrons. The van der Waals surface area contributed by atoms with Gasteiger partial charge in [0.2, 0.25) is 0 Å². The van der Waals surface area contributed by atoms with Gasteiger partial charge in [0.15, 0.2) is 8.32 Å². The van der Waals surface area contributed by atoms with Crippen molar-refractivity contribution in [2.75, 3.05) is 0 Å². The van der Waals surface area contributed by atoms with E-state index in [1.807, 2.05) is 61.5 Å². The standard InChI is InChI=1S/C37H48O6Si/c1-8-9-11-18-33-32(40-24-27-16-12-10-13-17-27)22-20-28-29(25-41-44(6,7)37(3,4)5)30(38)21-23-31(28)42-34-19-14-15-26(2)35(34)36(39)43-33/h10,12-17,19-23,32-33,38H,8-9,11,18,24-25H2,1-7H3/b22-20+/t32-,33+/m1/s1. The zero-order chi connectivity index (χ0) is 31.9. The number of phenolic OH excluding ortho intramolecular Hbond substituents is 1. The quantitative estimate of drug-likeness (QED) is 0.139. The lowest BCUT2D eigenvalue weighted by molar-refractivity contribution is -0.0419. The first-order valence-electron chi connectivity index (χ1n) is 15.7. The van der Waals surface area contributed by atoms with Crippen molar-refractivity contribution >= 4 is 20.4 Å². The molecule has 236 valence electrons. The Bertz CT molecular complexity index is 1440. The summed E-state index contributed by atoms with van der Waals surface area (Å²) in [6, 6.07) is 18.9. The van der Waals surface area contributed by atoms with Crippen molar-refractivity contribution in [3.05, 3.63) is 94.6 Å². The van der Waals surface area contributed by atoms with Gasteiger partial charge in [-0.1, -0.05) is 95.2 Å². The molecule has 0 spiro atoms. The Labute approximate surface area is 264 Å². The van der Waals surface area contributed by atoms with Crippen LogP contribution in [0.3, 0.4) is 0 Å². The van der Waals surface area contributed by atoms with Crippen molar-refractivity contribution < 1.29 is 28.5 Å². The molecule has 44 heavy (non-hydrogen) atoms. The maximum Gasteiger partial charge on any atom is 0.342 e. The van der Waals surface area contributed by atoms with Crippen LogP contribution < -0.4 is 4.74 Å². The Hall–Kier alpha value is -3.39. The molecule has 0 fully saturated rings. The van der Waals surface area contributed by atoms with Gasteiger partial charge in [0.25, 0.3) is 0 Å². The Balaban J connectivity index is 1.84. The van der Waals surface area contributed by atoms with E-state index in [0.717, 1.165) is 30.4 Å². The summed E-state index contributed by atoms with van der Waals surface area (Å²) in [5.74, 6) is 0.606. The first kappa shape index (κ1) is 33.5. The lowest BCUT2D eigenvalue weighted by Crippen LogP contribution is -2.40. The van der Waals surface area contributed by atoms with Gasteiger partial charge in [0, 0.05) is 11.1 Å². The van der Waals surface area contributed by atoms with Gasteiger partial charge in [-0.05, 0) is 67.2 Å². The fraction of sp³-hybridized carbons (Fsp3) is 0.432. The minimum absolute atomic E-state index is 0.00172. The summed E-state index contributed by atoms with van der Waals surface area (Å²) in [6.45, 7) is 15.6. The molecule has 6 nitrogen and oxygen atoms in total. The molecule has 0 saturated heterocycles. The van der Waals surface area contributed by atoms with E-state index in [1.165, 1.54) is 0 Å². The number of hydrogen-bond acceptors (Lipinski definition) is 6.